The van der Waals surface area contributed by atoms with Crippen molar-refractivity contribution in [2.45, 2.75) is 38.1 Å². The Bertz CT molecular complexity index is 918. The standard InChI is InChI=1S/C24H30N2O5/c1-30-21-14-18(13-20(27)16-21)17-5-6-23(22(28)15-17)31-24(29)26-11-7-19(8-12-26)25-9-3-2-4-10-25/h5-6,13-16,19,27-28H,2-4,7-12H2,1H3. The first-order valence-electron chi connectivity index (χ1n) is 11.0. The number of rotatable bonds is 4. The van der Waals surface area contributed by atoms with Crippen LogP contribution in [0, 0.1) is 0 Å². The van der Waals surface area contributed by atoms with Crippen LogP contribution in [0.25, 0.3) is 11.1 Å². The molecule has 0 bridgehead atoms. The third-order valence-electron chi connectivity index (χ3n) is 6.25. The molecule has 7 heteroatoms. The Kier molecular flexibility index (Phi) is 6.51. The third kappa shape index (κ3) is 5.05. The quantitative estimate of drug-likeness (QED) is 0.762. The Morgan fingerprint density at radius 3 is 2.35 bits per heavy atom. The van der Waals surface area contributed by atoms with Crippen LogP contribution in [-0.4, -0.2) is 65.4 Å². The second-order valence-electron chi connectivity index (χ2n) is 8.29. The fraction of sp³-hybridized carbons (Fsp3) is 0.458. The Morgan fingerprint density at radius 2 is 1.68 bits per heavy atom. The lowest BCUT2D eigenvalue weighted by Gasteiger charge is -2.39. The topological polar surface area (TPSA) is 82.5 Å². The molecule has 7 nitrogen and oxygen atoms in total. The minimum atomic E-state index is -0.431. The molecule has 166 valence electrons. The predicted molar refractivity (Wildman–Crippen MR) is 118 cm³/mol. The van der Waals surface area contributed by atoms with Gasteiger partial charge in [0.1, 0.15) is 11.5 Å². The number of amides is 1. The molecule has 0 saturated carbocycles. The van der Waals surface area contributed by atoms with Crippen LogP contribution in [0.4, 0.5) is 4.79 Å². The molecule has 0 radical (unpaired) electrons. The van der Waals surface area contributed by atoms with Gasteiger partial charge < -0.3 is 29.5 Å². The number of likely N-dealkylation sites (tertiary alicyclic amines) is 2. The Balaban J connectivity index is 1.37. The molecule has 2 saturated heterocycles. The number of hydrogen-bond donors (Lipinski definition) is 2. The predicted octanol–water partition coefficient (Wildman–Crippen LogP) is 4.22. The summed E-state index contributed by atoms with van der Waals surface area (Å²) in [5, 5.41) is 20.3. The summed E-state index contributed by atoms with van der Waals surface area (Å²) in [5.41, 5.74) is 1.36. The number of nitrogens with zero attached hydrogens (tertiary/aromatic N) is 2. The van der Waals surface area contributed by atoms with Crippen molar-refractivity contribution in [3.63, 3.8) is 0 Å². The van der Waals surface area contributed by atoms with Crippen molar-refractivity contribution < 1.29 is 24.5 Å². The van der Waals surface area contributed by atoms with Gasteiger partial charge in [0.15, 0.2) is 11.5 Å². The molecule has 2 aromatic carbocycles. The van der Waals surface area contributed by atoms with Gasteiger partial charge in [0.25, 0.3) is 0 Å². The van der Waals surface area contributed by atoms with Crippen LogP contribution < -0.4 is 9.47 Å². The molecular formula is C24H30N2O5. The van der Waals surface area contributed by atoms with Gasteiger partial charge in [0.05, 0.1) is 7.11 Å². The third-order valence-corrected chi connectivity index (χ3v) is 6.25. The average molecular weight is 427 g/mol. The van der Waals surface area contributed by atoms with Gasteiger partial charge in [-0.25, -0.2) is 4.79 Å². The van der Waals surface area contributed by atoms with Gasteiger partial charge in [-0.05, 0) is 74.2 Å². The van der Waals surface area contributed by atoms with Crippen molar-refractivity contribution in [1.29, 1.82) is 0 Å². The SMILES string of the molecule is COc1cc(O)cc(-c2ccc(OC(=O)N3CCC(N4CCCCC4)CC3)c(O)c2)c1. The van der Waals surface area contributed by atoms with E-state index >= 15 is 0 Å². The minimum Gasteiger partial charge on any atom is -0.508 e. The van der Waals surface area contributed by atoms with Gasteiger partial charge in [-0.2, -0.15) is 0 Å². The number of carbonyl (C=O) groups excluding carboxylic acids is 1. The van der Waals surface area contributed by atoms with Crippen LogP contribution in [0.5, 0.6) is 23.0 Å². The first-order valence-corrected chi connectivity index (χ1v) is 11.0. The number of benzene rings is 2. The Morgan fingerprint density at radius 1 is 0.935 bits per heavy atom. The second-order valence-corrected chi connectivity index (χ2v) is 8.29. The Hall–Kier alpha value is -2.93. The van der Waals surface area contributed by atoms with Gasteiger partial charge in [0.2, 0.25) is 0 Å². The summed E-state index contributed by atoms with van der Waals surface area (Å²) in [6, 6.07) is 10.2. The fourth-order valence-electron chi connectivity index (χ4n) is 4.51. The molecular weight excluding hydrogens is 396 g/mol. The van der Waals surface area contributed by atoms with E-state index in [1.807, 2.05) is 0 Å². The molecule has 0 spiro atoms. The van der Waals surface area contributed by atoms with Crippen LogP contribution in [0.3, 0.4) is 0 Å². The molecule has 2 aliphatic heterocycles. The van der Waals surface area contributed by atoms with Crippen molar-refractivity contribution in [3.05, 3.63) is 36.4 Å². The van der Waals surface area contributed by atoms with Crippen LogP contribution in [0.15, 0.2) is 36.4 Å². The summed E-state index contributed by atoms with van der Waals surface area (Å²) in [5.74, 6) is 0.575. The lowest BCUT2D eigenvalue weighted by Crippen LogP contribution is -2.48. The zero-order chi connectivity index (χ0) is 21.8. The highest BCUT2D eigenvalue weighted by molar-refractivity contribution is 5.74. The fourth-order valence-corrected chi connectivity index (χ4v) is 4.51. The normalized spacial score (nSPS) is 18.0. The summed E-state index contributed by atoms with van der Waals surface area (Å²) in [6.45, 7) is 3.67. The first kappa shape index (κ1) is 21.3. The average Bonchev–Trinajstić information content (AvgIpc) is 2.80. The number of piperidine rings is 2. The van der Waals surface area contributed by atoms with Crippen LogP contribution in [-0.2, 0) is 0 Å². The first-order chi connectivity index (χ1) is 15.0. The van der Waals surface area contributed by atoms with E-state index in [1.165, 1.54) is 51.6 Å². The molecule has 0 atom stereocenters. The van der Waals surface area contributed by atoms with Gasteiger partial charge in [-0.3, -0.25) is 0 Å². The van der Waals surface area contributed by atoms with E-state index in [1.54, 1.807) is 29.2 Å². The highest BCUT2D eigenvalue weighted by Gasteiger charge is 2.28. The molecule has 0 unspecified atom stereocenters. The molecule has 0 aliphatic carbocycles. The van der Waals surface area contributed by atoms with Gasteiger partial charge in [-0.15, -0.1) is 0 Å². The molecule has 4 rings (SSSR count). The van der Waals surface area contributed by atoms with E-state index < -0.39 is 6.09 Å². The highest BCUT2D eigenvalue weighted by Crippen LogP contribution is 2.35. The van der Waals surface area contributed by atoms with E-state index in [9.17, 15) is 15.0 Å². The van der Waals surface area contributed by atoms with Crippen molar-refractivity contribution in [1.82, 2.24) is 9.80 Å². The van der Waals surface area contributed by atoms with E-state index in [2.05, 4.69) is 4.90 Å². The van der Waals surface area contributed by atoms with E-state index in [-0.39, 0.29) is 17.2 Å². The monoisotopic (exact) mass is 426 g/mol. The molecule has 31 heavy (non-hydrogen) atoms. The lowest BCUT2D eigenvalue weighted by molar-refractivity contribution is 0.0874. The maximum absolute atomic E-state index is 12.6. The van der Waals surface area contributed by atoms with E-state index in [0.717, 1.165) is 12.8 Å². The van der Waals surface area contributed by atoms with Gasteiger partial charge in [0, 0.05) is 25.2 Å². The highest BCUT2D eigenvalue weighted by atomic mass is 16.6. The van der Waals surface area contributed by atoms with Crippen molar-refractivity contribution in [2.75, 3.05) is 33.3 Å². The number of ether oxygens (including phenoxy) is 2. The number of aromatic hydroxyl groups is 2. The maximum atomic E-state index is 12.6. The van der Waals surface area contributed by atoms with Crippen molar-refractivity contribution in [3.8, 4) is 34.1 Å². The van der Waals surface area contributed by atoms with Crippen LogP contribution >= 0.6 is 0 Å². The molecule has 2 heterocycles. The zero-order valence-electron chi connectivity index (χ0n) is 17.9. The minimum absolute atomic E-state index is 0.0669. The number of phenolic OH excluding ortho intramolecular Hbond substituents is 2. The number of phenols is 2. The number of methoxy groups -OCH3 is 1. The van der Waals surface area contributed by atoms with E-state index in [4.69, 9.17) is 9.47 Å². The van der Waals surface area contributed by atoms with E-state index in [0.29, 0.717) is 36.0 Å². The molecule has 1 amide bonds. The van der Waals surface area contributed by atoms with Crippen molar-refractivity contribution in [2.24, 2.45) is 0 Å². The second kappa shape index (κ2) is 9.47. The lowest BCUT2D eigenvalue weighted by atomic mass is 10.0. The van der Waals surface area contributed by atoms with Crippen molar-refractivity contribution >= 4 is 6.09 Å². The smallest absolute Gasteiger partial charge is 0.415 e. The molecule has 2 aliphatic rings. The van der Waals surface area contributed by atoms with Gasteiger partial charge >= 0.3 is 6.09 Å². The molecule has 0 aromatic heterocycles. The Labute approximate surface area is 182 Å². The summed E-state index contributed by atoms with van der Waals surface area (Å²) < 4.78 is 10.7. The molecule has 2 aromatic rings. The van der Waals surface area contributed by atoms with Crippen LogP contribution in [0.1, 0.15) is 32.1 Å². The summed E-state index contributed by atoms with van der Waals surface area (Å²) in [6.07, 6.45) is 5.35. The van der Waals surface area contributed by atoms with Gasteiger partial charge in [-0.1, -0.05) is 12.5 Å². The molecule has 2 fully saturated rings. The number of hydrogen-bond acceptors (Lipinski definition) is 6. The molecule has 2 N–H and O–H groups in total. The van der Waals surface area contributed by atoms with Crippen LogP contribution in [0.2, 0.25) is 0 Å². The maximum Gasteiger partial charge on any atom is 0.415 e. The summed E-state index contributed by atoms with van der Waals surface area (Å²) in [4.78, 5) is 16.9. The largest absolute Gasteiger partial charge is 0.508 e. The summed E-state index contributed by atoms with van der Waals surface area (Å²) >= 11 is 0. The number of carbonyl (C=O) groups is 1. The summed E-state index contributed by atoms with van der Waals surface area (Å²) in [7, 11) is 1.52. The zero-order valence-corrected chi connectivity index (χ0v) is 17.9.